The molecule has 0 saturated heterocycles. The lowest BCUT2D eigenvalue weighted by atomic mass is 10.3. The highest BCUT2D eigenvalue weighted by atomic mass is 79.9. The highest BCUT2D eigenvalue weighted by Gasteiger charge is 1.94. The quantitative estimate of drug-likeness (QED) is 0.772. The molecule has 1 N–H and O–H groups in total. The Kier molecular flexibility index (Phi) is 6.39. The molecule has 0 aliphatic carbocycles. The molecular formula is C11H16BrNO2. The maximum atomic E-state index is 5.49. The lowest BCUT2D eigenvalue weighted by Gasteiger charge is -2.07. The van der Waals surface area contributed by atoms with Crippen LogP contribution in [0.2, 0.25) is 0 Å². The zero-order chi connectivity index (χ0) is 10.9. The van der Waals surface area contributed by atoms with Gasteiger partial charge >= 0.3 is 0 Å². The van der Waals surface area contributed by atoms with Gasteiger partial charge in [0.15, 0.2) is 0 Å². The fraction of sp³-hybridized carbons (Fsp3) is 0.455. The topological polar surface area (TPSA) is 30.5 Å². The lowest BCUT2D eigenvalue weighted by Crippen LogP contribution is -2.16. The van der Waals surface area contributed by atoms with Crippen molar-refractivity contribution < 1.29 is 9.47 Å². The predicted octanol–water partition coefficient (Wildman–Crippen LogP) is 2.06. The third kappa shape index (κ3) is 5.77. The highest BCUT2D eigenvalue weighted by molar-refractivity contribution is 9.10. The summed E-state index contributed by atoms with van der Waals surface area (Å²) in [6.07, 6.45) is 0. The molecule has 0 radical (unpaired) electrons. The van der Waals surface area contributed by atoms with Crippen molar-refractivity contribution in [2.75, 3.05) is 33.4 Å². The van der Waals surface area contributed by atoms with E-state index in [1.165, 1.54) is 0 Å². The molecule has 0 aliphatic rings. The first-order valence-electron chi connectivity index (χ1n) is 4.93. The third-order valence-electron chi connectivity index (χ3n) is 1.79. The molecule has 0 bridgehead atoms. The van der Waals surface area contributed by atoms with E-state index in [1.807, 2.05) is 31.3 Å². The minimum Gasteiger partial charge on any atom is -0.491 e. The molecule has 0 unspecified atom stereocenters. The second-order valence-corrected chi connectivity index (χ2v) is 3.94. The first-order chi connectivity index (χ1) is 7.33. The summed E-state index contributed by atoms with van der Waals surface area (Å²) in [5, 5.41) is 3.01. The molecule has 0 aromatic heterocycles. The van der Waals surface area contributed by atoms with E-state index in [0.29, 0.717) is 13.2 Å². The fourth-order valence-corrected chi connectivity index (χ4v) is 1.43. The van der Waals surface area contributed by atoms with Gasteiger partial charge in [-0.05, 0) is 25.2 Å². The number of hydrogen-bond acceptors (Lipinski definition) is 3. The van der Waals surface area contributed by atoms with Crippen molar-refractivity contribution in [2.24, 2.45) is 0 Å². The molecule has 0 atom stereocenters. The highest BCUT2D eigenvalue weighted by Crippen LogP contribution is 2.17. The van der Waals surface area contributed by atoms with E-state index in [2.05, 4.69) is 21.2 Å². The van der Waals surface area contributed by atoms with Crippen LogP contribution in [0.1, 0.15) is 0 Å². The molecule has 0 aliphatic heterocycles. The van der Waals surface area contributed by atoms with Crippen LogP contribution < -0.4 is 10.1 Å². The van der Waals surface area contributed by atoms with Crippen LogP contribution in [0.25, 0.3) is 0 Å². The number of nitrogens with one attached hydrogen (secondary N) is 1. The van der Waals surface area contributed by atoms with Crippen molar-refractivity contribution >= 4 is 15.9 Å². The van der Waals surface area contributed by atoms with Crippen LogP contribution in [0.15, 0.2) is 28.7 Å². The first-order valence-corrected chi connectivity index (χ1v) is 5.73. The van der Waals surface area contributed by atoms with Crippen LogP contribution in [0.5, 0.6) is 5.75 Å². The summed E-state index contributed by atoms with van der Waals surface area (Å²) in [5.74, 6) is 0.863. The molecule has 15 heavy (non-hydrogen) atoms. The van der Waals surface area contributed by atoms with E-state index in [1.54, 1.807) is 0 Å². The van der Waals surface area contributed by atoms with Gasteiger partial charge in [-0.3, -0.25) is 0 Å². The maximum Gasteiger partial charge on any atom is 0.120 e. The van der Waals surface area contributed by atoms with Gasteiger partial charge in [-0.15, -0.1) is 0 Å². The smallest absolute Gasteiger partial charge is 0.120 e. The first kappa shape index (κ1) is 12.5. The van der Waals surface area contributed by atoms with Gasteiger partial charge in [0.2, 0.25) is 0 Å². The minimum atomic E-state index is 0.583. The van der Waals surface area contributed by atoms with Crippen LogP contribution in [-0.4, -0.2) is 33.4 Å². The lowest BCUT2D eigenvalue weighted by molar-refractivity contribution is 0.103. The molecule has 84 valence electrons. The molecule has 0 heterocycles. The Balaban J connectivity index is 2.10. The molecule has 4 heteroatoms. The number of benzene rings is 1. The number of likely N-dealkylation sites (N-methyl/N-ethyl adjacent to an activating group) is 1. The zero-order valence-corrected chi connectivity index (χ0v) is 10.4. The Morgan fingerprint density at radius 1 is 1.27 bits per heavy atom. The molecule has 0 saturated carbocycles. The van der Waals surface area contributed by atoms with Gasteiger partial charge in [0, 0.05) is 11.0 Å². The van der Waals surface area contributed by atoms with Gasteiger partial charge in [-0.2, -0.15) is 0 Å². The Bertz CT molecular complexity index is 281. The number of halogens is 1. The molecule has 0 amide bonds. The molecule has 1 aromatic carbocycles. The Morgan fingerprint density at radius 3 is 2.87 bits per heavy atom. The van der Waals surface area contributed by atoms with E-state index in [9.17, 15) is 0 Å². The SMILES string of the molecule is CNCCOCCOc1cccc(Br)c1. The average molecular weight is 274 g/mol. The van der Waals surface area contributed by atoms with Crippen LogP contribution in [0.3, 0.4) is 0 Å². The largest absolute Gasteiger partial charge is 0.491 e. The van der Waals surface area contributed by atoms with Crippen LogP contribution in [0, 0.1) is 0 Å². The van der Waals surface area contributed by atoms with Crippen molar-refractivity contribution in [1.82, 2.24) is 5.32 Å². The second-order valence-electron chi connectivity index (χ2n) is 3.02. The Labute approximate surface area is 98.9 Å². The van der Waals surface area contributed by atoms with Gasteiger partial charge in [0.05, 0.1) is 13.2 Å². The van der Waals surface area contributed by atoms with E-state index in [0.717, 1.165) is 23.4 Å². The molecular weight excluding hydrogens is 258 g/mol. The standard InChI is InChI=1S/C11H16BrNO2/c1-13-5-6-14-7-8-15-11-4-2-3-10(12)9-11/h2-4,9,13H,5-8H2,1H3. The number of ether oxygens (including phenoxy) is 2. The predicted molar refractivity (Wildman–Crippen MR) is 64.4 cm³/mol. The van der Waals surface area contributed by atoms with Gasteiger partial charge in [-0.25, -0.2) is 0 Å². The van der Waals surface area contributed by atoms with Crippen LogP contribution in [0.4, 0.5) is 0 Å². The van der Waals surface area contributed by atoms with Gasteiger partial charge in [0.25, 0.3) is 0 Å². The van der Waals surface area contributed by atoms with Gasteiger partial charge in [-0.1, -0.05) is 22.0 Å². The summed E-state index contributed by atoms with van der Waals surface area (Å²) in [5.41, 5.74) is 0. The maximum absolute atomic E-state index is 5.49. The summed E-state index contributed by atoms with van der Waals surface area (Å²) in [4.78, 5) is 0. The summed E-state index contributed by atoms with van der Waals surface area (Å²) >= 11 is 3.39. The van der Waals surface area contributed by atoms with Crippen molar-refractivity contribution in [3.05, 3.63) is 28.7 Å². The van der Waals surface area contributed by atoms with Crippen molar-refractivity contribution in [3.63, 3.8) is 0 Å². The zero-order valence-electron chi connectivity index (χ0n) is 8.83. The summed E-state index contributed by atoms with van der Waals surface area (Å²) in [7, 11) is 1.90. The molecule has 1 aromatic rings. The molecule has 1 rings (SSSR count). The third-order valence-corrected chi connectivity index (χ3v) is 2.28. The van der Waals surface area contributed by atoms with E-state index < -0.39 is 0 Å². The van der Waals surface area contributed by atoms with E-state index in [-0.39, 0.29) is 0 Å². The fourth-order valence-electron chi connectivity index (χ4n) is 1.05. The monoisotopic (exact) mass is 273 g/mol. The van der Waals surface area contributed by atoms with Gasteiger partial charge in [0.1, 0.15) is 12.4 Å². The number of hydrogen-bond donors (Lipinski definition) is 1. The molecule has 3 nitrogen and oxygen atoms in total. The Hall–Kier alpha value is -0.580. The normalized spacial score (nSPS) is 10.3. The van der Waals surface area contributed by atoms with Gasteiger partial charge < -0.3 is 14.8 Å². The van der Waals surface area contributed by atoms with E-state index >= 15 is 0 Å². The second kappa shape index (κ2) is 7.68. The van der Waals surface area contributed by atoms with Crippen LogP contribution in [-0.2, 0) is 4.74 Å². The van der Waals surface area contributed by atoms with E-state index in [4.69, 9.17) is 9.47 Å². The van der Waals surface area contributed by atoms with Crippen molar-refractivity contribution in [3.8, 4) is 5.75 Å². The van der Waals surface area contributed by atoms with Crippen LogP contribution >= 0.6 is 15.9 Å². The average Bonchev–Trinajstić information content (AvgIpc) is 2.23. The van der Waals surface area contributed by atoms with Crippen molar-refractivity contribution in [2.45, 2.75) is 0 Å². The summed E-state index contributed by atoms with van der Waals surface area (Å²) < 4.78 is 11.8. The van der Waals surface area contributed by atoms with Crippen molar-refractivity contribution in [1.29, 1.82) is 0 Å². The Morgan fingerprint density at radius 2 is 2.13 bits per heavy atom. The summed E-state index contributed by atoms with van der Waals surface area (Å²) in [6.45, 7) is 2.80. The molecule has 0 spiro atoms. The summed E-state index contributed by atoms with van der Waals surface area (Å²) in [6, 6.07) is 7.78. The minimum absolute atomic E-state index is 0.583. The number of rotatable bonds is 7. The molecule has 0 fully saturated rings.